The van der Waals surface area contributed by atoms with Crippen molar-refractivity contribution in [3.05, 3.63) is 65.4 Å². The Labute approximate surface area is 163 Å². The van der Waals surface area contributed by atoms with Gasteiger partial charge in [0.1, 0.15) is 11.6 Å². The molecule has 7 heteroatoms. The largest absolute Gasteiger partial charge is 0.451 e. The summed E-state index contributed by atoms with van der Waals surface area (Å²) < 4.78 is 7.82. The van der Waals surface area contributed by atoms with E-state index < -0.39 is 0 Å². The summed E-state index contributed by atoms with van der Waals surface area (Å²) in [5.74, 6) is 1.91. The average Bonchev–Trinajstić information content (AvgIpc) is 3.32. The minimum atomic E-state index is -0.0788. The summed E-state index contributed by atoms with van der Waals surface area (Å²) in [6.07, 6.45) is 3.76. The van der Waals surface area contributed by atoms with E-state index in [0.717, 1.165) is 31.0 Å². The predicted octanol–water partition coefficient (Wildman–Crippen LogP) is 3.29. The lowest BCUT2D eigenvalue weighted by Gasteiger charge is -2.34. The number of halogens is 1. The Morgan fingerprint density at radius 2 is 1.93 bits per heavy atom. The maximum absolute atomic E-state index is 12.8. The van der Waals surface area contributed by atoms with Crippen LogP contribution in [0.1, 0.15) is 16.4 Å². The van der Waals surface area contributed by atoms with Crippen molar-refractivity contribution in [2.24, 2.45) is 7.05 Å². The molecule has 4 rings (SSSR count). The van der Waals surface area contributed by atoms with E-state index in [0.29, 0.717) is 29.6 Å². The molecule has 1 fully saturated rings. The molecule has 0 N–H and O–H groups in total. The fourth-order valence-corrected chi connectivity index (χ4v) is 3.50. The van der Waals surface area contributed by atoms with Gasteiger partial charge in [-0.2, -0.15) is 0 Å². The molecule has 3 aromatic rings. The van der Waals surface area contributed by atoms with E-state index in [-0.39, 0.29) is 5.91 Å². The number of nitrogens with zero attached hydrogens (tertiary/aromatic N) is 4. The van der Waals surface area contributed by atoms with Gasteiger partial charge in [0.15, 0.2) is 5.76 Å². The van der Waals surface area contributed by atoms with Crippen LogP contribution in [-0.4, -0.2) is 51.4 Å². The maximum atomic E-state index is 12.8. The van der Waals surface area contributed by atoms with E-state index in [9.17, 15) is 4.79 Å². The van der Waals surface area contributed by atoms with E-state index in [1.165, 1.54) is 0 Å². The van der Waals surface area contributed by atoms with E-state index >= 15 is 0 Å². The van der Waals surface area contributed by atoms with Gasteiger partial charge in [-0.1, -0.05) is 23.7 Å². The monoisotopic (exact) mass is 384 g/mol. The number of imidazole rings is 1. The smallest absolute Gasteiger partial charge is 0.289 e. The van der Waals surface area contributed by atoms with Gasteiger partial charge in [0.2, 0.25) is 0 Å². The molecule has 1 amide bonds. The minimum Gasteiger partial charge on any atom is -0.451 e. The van der Waals surface area contributed by atoms with Crippen LogP contribution in [0.25, 0.3) is 11.3 Å². The molecule has 0 spiro atoms. The van der Waals surface area contributed by atoms with Crippen molar-refractivity contribution < 1.29 is 9.21 Å². The van der Waals surface area contributed by atoms with Crippen molar-refractivity contribution >= 4 is 17.5 Å². The molecule has 6 nitrogen and oxygen atoms in total. The van der Waals surface area contributed by atoms with Gasteiger partial charge in [-0.25, -0.2) is 4.98 Å². The van der Waals surface area contributed by atoms with Crippen molar-refractivity contribution in [2.75, 3.05) is 26.2 Å². The molecule has 1 saturated heterocycles. The third-order valence-corrected chi connectivity index (χ3v) is 5.23. The summed E-state index contributed by atoms with van der Waals surface area (Å²) in [6.45, 7) is 3.77. The zero-order chi connectivity index (χ0) is 18.8. The third-order valence-electron chi connectivity index (χ3n) is 4.90. The van der Waals surface area contributed by atoms with Crippen LogP contribution in [0.5, 0.6) is 0 Å². The first kappa shape index (κ1) is 17.8. The van der Waals surface area contributed by atoms with Gasteiger partial charge in [-0.3, -0.25) is 9.69 Å². The molecule has 0 atom stereocenters. The summed E-state index contributed by atoms with van der Waals surface area (Å²) in [6, 6.07) is 11.0. The highest BCUT2D eigenvalue weighted by Gasteiger charge is 2.25. The summed E-state index contributed by atoms with van der Waals surface area (Å²) in [7, 11) is 2.00. The number of hydrogen-bond donors (Lipinski definition) is 0. The highest BCUT2D eigenvalue weighted by molar-refractivity contribution is 6.33. The number of rotatable bonds is 4. The molecular formula is C20H21ClN4O2. The second-order valence-corrected chi connectivity index (χ2v) is 7.07. The molecule has 0 radical (unpaired) electrons. The first-order chi connectivity index (χ1) is 13.1. The minimum absolute atomic E-state index is 0.0788. The fraction of sp³-hybridized carbons (Fsp3) is 0.300. The SMILES string of the molecule is Cn1ccnc1CN1CCN(C(=O)c2ccc(-c3ccccc3Cl)o2)CC1. The molecule has 0 saturated carbocycles. The number of furan rings is 1. The van der Waals surface area contributed by atoms with Crippen LogP contribution >= 0.6 is 11.6 Å². The molecule has 1 aliphatic rings. The van der Waals surface area contributed by atoms with Crippen LogP contribution in [0.4, 0.5) is 0 Å². The van der Waals surface area contributed by atoms with Gasteiger partial charge in [0.25, 0.3) is 5.91 Å². The molecule has 1 aliphatic heterocycles. The van der Waals surface area contributed by atoms with Crippen LogP contribution < -0.4 is 0 Å². The number of aryl methyl sites for hydroxylation is 1. The highest BCUT2D eigenvalue weighted by atomic mass is 35.5. The number of carbonyl (C=O) groups excluding carboxylic acids is 1. The Kier molecular flexibility index (Phi) is 5.01. The van der Waals surface area contributed by atoms with E-state index in [4.69, 9.17) is 16.0 Å². The lowest BCUT2D eigenvalue weighted by molar-refractivity contribution is 0.0594. The quantitative estimate of drug-likeness (QED) is 0.692. The number of carbonyl (C=O) groups is 1. The second-order valence-electron chi connectivity index (χ2n) is 6.67. The Morgan fingerprint density at radius 3 is 2.63 bits per heavy atom. The zero-order valence-corrected chi connectivity index (χ0v) is 15.9. The van der Waals surface area contributed by atoms with Crippen LogP contribution in [-0.2, 0) is 13.6 Å². The Balaban J connectivity index is 1.38. The Morgan fingerprint density at radius 1 is 1.15 bits per heavy atom. The molecular weight excluding hydrogens is 364 g/mol. The molecule has 2 aromatic heterocycles. The molecule has 1 aromatic carbocycles. The van der Waals surface area contributed by atoms with Crippen LogP contribution in [0, 0.1) is 0 Å². The number of hydrogen-bond acceptors (Lipinski definition) is 4. The van der Waals surface area contributed by atoms with Crippen LogP contribution in [0.3, 0.4) is 0 Å². The lowest BCUT2D eigenvalue weighted by Crippen LogP contribution is -2.48. The van der Waals surface area contributed by atoms with Crippen molar-refractivity contribution in [1.82, 2.24) is 19.4 Å². The number of amides is 1. The third kappa shape index (κ3) is 3.77. The maximum Gasteiger partial charge on any atom is 0.289 e. The lowest BCUT2D eigenvalue weighted by atomic mass is 10.2. The van der Waals surface area contributed by atoms with Gasteiger partial charge in [0, 0.05) is 51.2 Å². The number of piperazine rings is 1. The van der Waals surface area contributed by atoms with Crippen molar-refractivity contribution in [1.29, 1.82) is 0 Å². The first-order valence-electron chi connectivity index (χ1n) is 8.94. The fourth-order valence-electron chi connectivity index (χ4n) is 3.27. The summed E-state index contributed by atoms with van der Waals surface area (Å²) in [5, 5.41) is 0.605. The summed E-state index contributed by atoms with van der Waals surface area (Å²) in [4.78, 5) is 21.3. The molecule has 3 heterocycles. The van der Waals surface area contributed by atoms with Gasteiger partial charge in [-0.05, 0) is 24.3 Å². The molecule has 0 unspecified atom stereocenters. The average molecular weight is 385 g/mol. The molecule has 140 valence electrons. The van der Waals surface area contributed by atoms with Gasteiger partial charge in [-0.15, -0.1) is 0 Å². The number of aromatic nitrogens is 2. The Hall–Kier alpha value is -2.57. The summed E-state index contributed by atoms with van der Waals surface area (Å²) >= 11 is 6.21. The van der Waals surface area contributed by atoms with Crippen LogP contribution in [0.15, 0.2) is 53.2 Å². The van der Waals surface area contributed by atoms with Gasteiger partial charge in [0.05, 0.1) is 11.6 Å². The van der Waals surface area contributed by atoms with E-state index in [1.807, 2.05) is 53.2 Å². The topological polar surface area (TPSA) is 54.5 Å². The van der Waals surface area contributed by atoms with Crippen LogP contribution in [0.2, 0.25) is 5.02 Å². The van der Waals surface area contributed by atoms with Crippen molar-refractivity contribution in [3.8, 4) is 11.3 Å². The molecule has 27 heavy (non-hydrogen) atoms. The van der Waals surface area contributed by atoms with Crippen molar-refractivity contribution in [3.63, 3.8) is 0 Å². The standard InChI is InChI=1S/C20H21ClN4O2/c1-23-9-8-22-19(23)14-24-10-12-25(13-11-24)20(26)18-7-6-17(27-18)15-4-2-3-5-16(15)21/h2-9H,10-14H2,1H3. The van der Waals surface area contributed by atoms with E-state index in [2.05, 4.69) is 9.88 Å². The predicted molar refractivity (Wildman–Crippen MR) is 104 cm³/mol. The van der Waals surface area contributed by atoms with Gasteiger partial charge >= 0.3 is 0 Å². The van der Waals surface area contributed by atoms with E-state index in [1.54, 1.807) is 12.1 Å². The molecule has 0 bridgehead atoms. The highest BCUT2D eigenvalue weighted by Crippen LogP contribution is 2.29. The number of benzene rings is 1. The second kappa shape index (κ2) is 7.58. The molecule has 0 aliphatic carbocycles. The van der Waals surface area contributed by atoms with Gasteiger partial charge < -0.3 is 13.9 Å². The Bertz CT molecular complexity index is 941. The van der Waals surface area contributed by atoms with Crippen molar-refractivity contribution in [2.45, 2.75) is 6.54 Å². The zero-order valence-electron chi connectivity index (χ0n) is 15.1. The first-order valence-corrected chi connectivity index (χ1v) is 9.32. The summed E-state index contributed by atoms with van der Waals surface area (Å²) in [5.41, 5.74) is 0.790. The normalized spacial score (nSPS) is 15.3.